The van der Waals surface area contributed by atoms with Crippen LogP contribution in [-0.2, 0) is 4.79 Å². The van der Waals surface area contributed by atoms with Crippen molar-refractivity contribution >= 4 is 12.0 Å². The van der Waals surface area contributed by atoms with Crippen LogP contribution < -0.4 is 0 Å². The van der Waals surface area contributed by atoms with Crippen LogP contribution in [0.5, 0.6) is 0 Å². The second kappa shape index (κ2) is 6.59. The van der Waals surface area contributed by atoms with E-state index in [1.165, 1.54) is 4.90 Å². The monoisotopic (exact) mass is 280 g/mol. The van der Waals surface area contributed by atoms with Gasteiger partial charge in [0.1, 0.15) is 6.04 Å². The Balaban J connectivity index is 3.00. The van der Waals surface area contributed by atoms with Gasteiger partial charge in [-0.05, 0) is 18.3 Å². The zero-order valence-corrected chi connectivity index (χ0v) is 12.3. The molecule has 1 rings (SSSR count). The molecule has 1 aliphatic rings. The molecule has 1 fully saturated rings. The van der Waals surface area contributed by atoms with Crippen molar-refractivity contribution in [1.29, 1.82) is 0 Å². The van der Waals surface area contributed by atoms with Crippen LogP contribution >= 0.6 is 0 Å². The maximum Gasteiger partial charge on any atom is 0.327 e. The van der Waals surface area contributed by atoms with Gasteiger partial charge in [-0.1, -0.05) is 26.0 Å². The SMILES string of the molecule is C=CCN(CC=C)C(=O)N1CCCC(C)(C)C1C(=O)O. The predicted octanol–water partition coefficient (Wildman–Crippen LogP) is 2.36. The lowest BCUT2D eigenvalue weighted by atomic mass is 9.76. The molecule has 1 heterocycles. The number of likely N-dealkylation sites (tertiary alicyclic amines) is 1. The van der Waals surface area contributed by atoms with Gasteiger partial charge in [0, 0.05) is 19.6 Å². The second-order valence-corrected chi connectivity index (χ2v) is 5.79. The summed E-state index contributed by atoms with van der Waals surface area (Å²) in [6.07, 6.45) is 4.88. The first-order valence-electron chi connectivity index (χ1n) is 6.85. The van der Waals surface area contributed by atoms with Crippen molar-refractivity contribution in [3.8, 4) is 0 Å². The Kier molecular flexibility index (Phi) is 5.36. The summed E-state index contributed by atoms with van der Waals surface area (Å²) in [7, 11) is 0. The van der Waals surface area contributed by atoms with E-state index >= 15 is 0 Å². The minimum absolute atomic E-state index is 0.259. The first-order valence-corrected chi connectivity index (χ1v) is 6.85. The number of carboxylic acids is 1. The number of hydrogen-bond donors (Lipinski definition) is 1. The molecule has 0 spiro atoms. The molecule has 20 heavy (non-hydrogen) atoms. The third-order valence-corrected chi connectivity index (χ3v) is 3.72. The van der Waals surface area contributed by atoms with Crippen LogP contribution in [0.4, 0.5) is 4.79 Å². The van der Waals surface area contributed by atoms with E-state index in [2.05, 4.69) is 13.2 Å². The lowest BCUT2D eigenvalue weighted by Gasteiger charge is -2.45. The van der Waals surface area contributed by atoms with Crippen molar-refractivity contribution in [1.82, 2.24) is 9.80 Å². The van der Waals surface area contributed by atoms with E-state index in [1.54, 1.807) is 17.1 Å². The highest BCUT2D eigenvalue weighted by Gasteiger charge is 2.45. The van der Waals surface area contributed by atoms with Gasteiger partial charge in [0.25, 0.3) is 0 Å². The lowest BCUT2D eigenvalue weighted by molar-refractivity contribution is -0.148. The van der Waals surface area contributed by atoms with Gasteiger partial charge >= 0.3 is 12.0 Å². The highest BCUT2D eigenvalue weighted by Crippen LogP contribution is 2.35. The number of carbonyl (C=O) groups is 2. The molecule has 1 unspecified atom stereocenters. The first kappa shape index (κ1) is 16.3. The third kappa shape index (κ3) is 3.40. The van der Waals surface area contributed by atoms with Crippen LogP contribution in [0.1, 0.15) is 26.7 Å². The minimum Gasteiger partial charge on any atom is -0.480 e. The van der Waals surface area contributed by atoms with E-state index in [4.69, 9.17) is 0 Å². The van der Waals surface area contributed by atoms with Gasteiger partial charge in [0.2, 0.25) is 0 Å². The number of rotatable bonds is 5. The quantitative estimate of drug-likeness (QED) is 0.786. The molecule has 0 saturated carbocycles. The first-order chi connectivity index (χ1) is 9.35. The molecule has 0 aromatic rings. The zero-order chi connectivity index (χ0) is 15.3. The summed E-state index contributed by atoms with van der Waals surface area (Å²) in [6.45, 7) is 12.3. The molecule has 0 radical (unpaired) electrons. The average Bonchev–Trinajstić information content (AvgIpc) is 2.35. The van der Waals surface area contributed by atoms with Crippen LogP contribution in [0.25, 0.3) is 0 Å². The number of amides is 2. The number of piperidine rings is 1. The standard InChI is InChI=1S/C15H24N2O3/c1-5-9-16(10-6-2)14(20)17-11-7-8-15(3,4)12(17)13(18)19/h5-6,12H,1-2,7-11H2,3-4H3,(H,18,19). The molecular weight excluding hydrogens is 256 g/mol. The van der Waals surface area contributed by atoms with Gasteiger partial charge in [-0.2, -0.15) is 0 Å². The number of hydrogen-bond acceptors (Lipinski definition) is 2. The third-order valence-electron chi connectivity index (χ3n) is 3.72. The molecule has 2 amide bonds. The van der Waals surface area contributed by atoms with Crippen molar-refractivity contribution < 1.29 is 14.7 Å². The molecule has 112 valence electrons. The Morgan fingerprint density at radius 1 is 1.35 bits per heavy atom. The van der Waals surface area contributed by atoms with Gasteiger partial charge in [0.05, 0.1) is 0 Å². The molecule has 1 N–H and O–H groups in total. The Labute approximate surface area is 120 Å². The summed E-state index contributed by atoms with van der Waals surface area (Å²) >= 11 is 0. The van der Waals surface area contributed by atoms with E-state index in [9.17, 15) is 14.7 Å². The van der Waals surface area contributed by atoms with Crippen molar-refractivity contribution in [3.05, 3.63) is 25.3 Å². The summed E-state index contributed by atoms with van der Waals surface area (Å²) in [6, 6.07) is -1.05. The number of nitrogens with zero attached hydrogens (tertiary/aromatic N) is 2. The fourth-order valence-corrected chi connectivity index (χ4v) is 2.79. The Morgan fingerprint density at radius 3 is 2.35 bits per heavy atom. The summed E-state index contributed by atoms with van der Waals surface area (Å²) in [5.74, 6) is -0.944. The molecule has 1 aliphatic heterocycles. The van der Waals surface area contributed by atoms with Gasteiger partial charge in [-0.25, -0.2) is 9.59 Å². The summed E-state index contributed by atoms with van der Waals surface area (Å²) in [5, 5.41) is 9.48. The van der Waals surface area contributed by atoms with E-state index < -0.39 is 17.4 Å². The highest BCUT2D eigenvalue weighted by atomic mass is 16.4. The fraction of sp³-hybridized carbons (Fsp3) is 0.600. The van der Waals surface area contributed by atoms with Crippen molar-refractivity contribution in [2.24, 2.45) is 5.41 Å². The molecule has 0 aromatic carbocycles. The van der Waals surface area contributed by atoms with E-state index in [0.29, 0.717) is 19.6 Å². The molecule has 5 nitrogen and oxygen atoms in total. The molecule has 1 atom stereocenters. The zero-order valence-electron chi connectivity index (χ0n) is 12.3. The number of urea groups is 1. The molecular formula is C15H24N2O3. The van der Waals surface area contributed by atoms with Crippen LogP contribution in [-0.4, -0.2) is 52.6 Å². The Morgan fingerprint density at radius 2 is 1.90 bits per heavy atom. The molecule has 0 aromatic heterocycles. The summed E-state index contributed by atoms with van der Waals surface area (Å²) in [5.41, 5.74) is -0.423. The number of aliphatic carboxylic acids is 1. The number of carboxylic acid groups (broad SMARTS) is 1. The fourth-order valence-electron chi connectivity index (χ4n) is 2.79. The Hall–Kier alpha value is -1.78. The molecule has 0 bridgehead atoms. The molecule has 1 saturated heterocycles. The lowest BCUT2D eigenvalue weighted by Crippen LogP contribution is -2.59. The topological polar surface area (TPSA) is 60.9 Å². The highest BCUT2D eigenvalue weighted by molar-refractivity contribution is 5.83. The van der Waals surface area contributed by atoms with E-state index in [1.807, 2.05) is 13.8 Å². The van der Waals surface area contributed by atoms with Crippen molar-refractivity contribution in [2.45, 2.75) is 32.7 Å². The van der Waals surface area contributed by atoms with Gasteiger partial charge < -0.3 is 14.9 Å². The normalized spacial score (nSPS) is 21.1. The average molecular weight is 280 g/mol. The summed E-state index contributed by atoms with van der Waals surface area (Å²) in [4.78, 5) is 27.2. The second-order valence-electron chi connectivity index (χ2n) is 5.79. The molecule has 5 heteroatoms. The Bertz CT molecular complexity index is 394. The van der Waals surface area contributed by atoms with Crippen LogP contribution in [0.3, 0.4) is 0 Å². The predicted molar refractivity (Wildman–Crippen MR) is 78.5 cm³/mol. The van der Waals surface area contributed by atoms with Crippen LogP contribution in [0.2, 0.25) is 0 Å². The van der Waals surface area contributed by atoms with Crippen molar-refractivity contribution in [2.75, 3.05) is 19.6 Å². The number of carbonyl (C=O) groups excluding carboxylic acids is 1. The van der Waals surface area contributed by atoms with Crippen LogP contribution in [0.15, 0.2) is 25.3 Å². The largest absolute Gasteiger partial charge is 0.480 e. The summed E-state index contributed by atoms with van der Waals surface area (Å²) < 4.78 is 0. The van der Waals surface area contributed by atoms with E-state index in [-0.39, 0.29) is 6.03 Å². The van der Waals surface area contributed by atoms with Gasteiger partial charge in [-0.3, -0.25) is 0 Å². The van der Waals surface area contributed by atoms with Gasteiger partial charge in [0.15, 0.2) is 0 Å². The van der Waals surface area contributed by atoms with Crippen molar-refractivity contribution in [3.63, 3.8) is 0 Å². The van der Waals surface area contributed by atoms with Gasteiger partial charge in [-0.15, -0.1) is 13.2 Å². The van der Waals surface area contributed by atoms with E-state index in [0.717, 1.165) is 12.8 Å². The maximum atomic E-state index is 12.6. The molecule has 0 aliphatic carbocycles. The van der Waals surface area contributed by atoms with Crippen LogP contribution in [0, 0.1) is 5.41 Å². The maximum absolute atomic E-state index is 12.6. The minimum atomic E-state index is -0.944. The smallest absolute Gasteiger partial charge is 0.327 e.